The van der Waals surface area contributed by atoms with Crippen molar-refractivity contribution in [2.45, 2.75) is 33.4 Å². The summed E-state index contributed by atoms with van der Waals surface area (Å²) in [5, 5.41) is 12.5. The minimum Gasteiger partial charge on any atom is -0.490 e. The maximum Gasteiger partial charge on any atom is 0.335 e. The van der Waals surface area contributed by atoms with Crippen LogP contribution in [0.15, 0.2) is 42.5 Å². The summed E-state index contributed by atoms with van der Waals surface area (Å²) >= 11 is 0. The molecule has 0 heterocycles. The van der Waals surface area contributed by atoms with Gasteiger partial charge in [-0.05, 0) is 56.2 Å². The summed E-state index contributed by atoms with van der Waals surface area (Å²) in [6, 6.07) is 13.0. The van der Waals surface area contributed by atoms with Gasteiger partial charge in [0.1, 0.15) is 0 Å². The van der Waals surface area contributed by atoms with Gasteiger partial charge in [0.05, 0.1) is 18.8 Å². The Morgan fingerprint density at radius 1 is 1.08 bits per heavy atom. The third kappa shape index (κ3) is 5.22. The van der Waals surface area contributed by atoms with E-state index in [0.29, 0.717) is 25.3 Å². The molecular formula is C20H25NO4. The zero-order chi connectivity index (χ0) is 18.2. The Kier molecular flexibility index (Phi) is 6.83. The zero-order valence-electron chi connectivity index (χ0n) is 14.9. The van der Waals surface area contributed by atoms with Crippen molar-refractivity contribution in [3.05, 3.63) is 59.2 Å². The lowest BCUT2D eigenvalue weighted by atomic mass is 10.1. The number of benzene rings is 2. The van der Waals surface area contributed by atoms with Gasteiger partial charge in [-0.1, -0.05) is 18.2 Å². The molecule has 0 amide bonds. The molecule has 5 heteroatoms. The summed E-state index contributed by atoms with van der Waals surface area (Å²) in [5.74, 6) is 0.570. The van der Waals surface area contributed by atoms with E-state index in [-0.39, 0.29) is 6.04 Å². The van der Waals surface area contributed by atoms with Crippen LogP contribution in [0, 0.1) is 0 Å². The summed E-state index contributed by atoms with van der Waals surface area (Å²) in [4.78, 5) is 11.1. The Morgan fingerprint density at radius 3 is 2.48 bits per heavy atom. The van der Waals surface area contributed by atoms with Crippen molar-refractivity contribution < 1.29 is 19.4 Å². The Balaban J connectivity index is 2.07. The lowest BCUT2D eigenvalue weighted by Crippen LogP contribution is -2.18. The third-order valence-electron chi connectivity index (χ3n) is 3.85. The van der Waals surface area contributed by atoms with Crippen LogP contribution >= 0.6 is 0 Å². The van der Waals surface area contributed by atoms with Crippen LogP contribution in [0.2, 0.25) is 0 Å². The highest BCUT2D eigenvalue weighted by molar-refractivity contribution is 5.87. The van der Waals surface area contributed by atoms with Crippen molar-refractivity contribution in [2.24, 2.45) is 0 Å². The third-order valence-corrected chi connectivity index (χ3v) is 3.85. The van der Waals surface area contributed by atoms with E-state index in [1.54, 1.807) is 18.2 Å². The molecule has 0 aliphatic carbocycles. The maximum atomic E-state index is 11.1. The summed E-state index contributed by atoms with van der Waals surface area (Å²) < 4.78 is 11.3. The van der Waals surface area contributed by atoms with Crippen molar-refractivity contribution in [1.82, 2.24) is 5.32 Å². The van der Waals surface area contributed by atoms with Gasteiger partial charge in [-0.2, -0.15) is 0 Å². The topological polar surface area (TPSA) is 67.8 Å². The van der Waals surface area contributed by atoms with Crippen molar-refractivity contribution in [3.8, 4) is 11.5 Å². The summed E-state index contributed by atoms with van der Waals surface area (Å²) in [6.07, 6.45) is 0. The molecule has 0 spiro atoms. The van der Waals surface area contributed by atoms with Gasteiger partial charge in [0.25, 0.3) is 0 Å². The fraction of sp³-hybridized carbons (Fsp3) is 0.350. The first-order valence-corrected chi connectivity index (χ1v) is 8.50. The molecule has 0 saturated heterocycles. The SMILES string of the molecule is CCOc1ccc(C(C)NCc2cccc(C(=O)O)c2)cc1OCC. The molecule has 1 atom stereocenters. The van der Waals surface area contributed by atoms with Crippen LogP contribution in [-0.4, -0.2) is 24.3 Å². The number of hydrogen-bond donors (Lipinski definition) is 2. The quantitative estimate of drug-likeness (QED) is 0.719. The van der Waals surface area contributed by atoms with Gasteiger partial charge in [0.2, 0.25) is 0 Å². The number of carbonyl (C=O) groups is 1. The predicted molar refractivity (Wildman–Crippen MR) is 97.4 cm³/mol. The van der Waals surface area contributed by atoms with Gasteiger partial charge in [-0.25, -0.2) is 4.79 Å². The first-order valence-electron chi connectivity index (χ1n) is 8.50. The van der Waals surface area contributed by atoms with Crippen LogP contribution in [0.5, 0.6) is 11.5 Å². The molecule has 0 radical (unpaired) electrons. The number of hydrogen-bond acceptors (Lipinski definition) is 4. The average Bonchev–Trinajstić information content (AvgIpc) is 2.61. The molecule has 0 fully saturated rings. The molecule has 1 unspecified atom stereocenters. The van der Waals surface area contributed by atoms with E-state index in [9.17, 15) is 4.79 Å². The molecule has 0 aliphatic rings. The Bertz CT molecular complexity index is 715. The Morgan fingerprint density at radius 2 is 1.80 bits per heavy atom. The van der Waals surface area contributed by atoms with E-state index in [4.69, 9.17) is 14.6 Å². The minimum atomic E-state index is -0.914. The molecule has 0 bridgehead atoms. The van der Waals surface area contributed by atoms with Crippen molar-refractivity contribution >= 4 is 5.97 Å². The van der Waals surface area contributed by atoms with Crippen LogP contribution in [-0.2, 0) is 6.54 Å². The van der Waals surface area contributed by atoms with Gasteiger partial charge in [0.15, 0.2) is 11.5 Å². The smallest absolute Gasteiger partial charge is 0.335 e. The van der Waals surface area contributed by atoms with Gasteiger partial charge >= 0.3 is 5.97 Å². The number of carboxylic acid groups (broad SMARTS) is 1. The second-order valence-electron chi connectivity index (χ2n) is 5.68. The summed E-state index contributed by atoms with van der Waals surface area (Å²) in [5.41, 5.74) is 2.32. The van der Waals surface area contributed by atoms with E-state index in [2.05, 4.69) is 12.2 Å². The highest BCUT2D eigenvalue weighted by Gasteiger charge is 2.11. The largest absolute Gasteiger partial charge is 0.490 e. The van der Waals surface area contributed by atoms with Crippen molar-refractivity contribution in [2.75, 3.05) is 13.2 Å². The molecule has 5 nitrogen and oxygen atoms in total. The van der Waals surface area contributed by atoms with Crippen LogP contribution in [0.25, 0.3) is 0 Å². The second kappa shape index (κ2) is 9.08. The molecule has 0 aromatic heterocycles. The molecule has 0 saturated carbocycles. The van der Waals surface area contributed by atoms with E-state index in [1.807, 2.05) is 38.1 Å². The zero-order valence-corrected chi connectivity index (χ0v) is 14.9. The fourth-order valence-electron chi connectivity index (χ4n) is 2.54. The monoisotopic (exact) mass is 343 g/mol. The van der Waals surface area contributed by atoms with Gasteiger partial charge in [-0.15, -0.1) is 0 Å². The fourth-order valence-corrected chi connectivity index (χ4v) is 2.54. The number of carboxylic acids is 1. The van der Waals surface area contributed by atoms with E-state index < -0.39 is 5.97 Å². The summed E-state index contributed by atoms with van der Waals surface area (Å²) in [7, 11) is 0. The number of aromatic carboxylic acids is 1. The first kappa shape index (κ1) is 18.8. The average molecular weight is 343 g/mol. The normalized spacial score (nSPS) is 11.8. The van der Waals surface area contributed by atoms with Gasteiger partial charge < -0.3 is 19.9 Å². The lowest BCUT2D eigenvalue weighted by Gasteiger charge is -2.17. The van der Waals surface area contributed by atoms with E-state index in [0.717, 1.165) is 22.6 Å². The van der Waals surface area contributed by atoms with Crippen LogP contribution in [0.3, 0.4) is 0 Å². The molecular weight excluding hydrogens is 318 g/mol. The van der Waals surface area contributed by atoms with E-state index >= 15 is 0 Å². The molecule has 2 aromatic rings. The van der Waals surface area contributed by atoms with E-state index in [1.165, 1.54) is 0 Å². The molecule has 2 N–H and O–H groups in total. The molecule has 0 aliphatic heterocycles. The molecule has 2 aromatic carbocycles. The second-order valence-corrected chi connectivity index (χ2v) is 5.68. The first-order chi connectivity index (χ1) is 12.0. The van der Waals surface area contributed by atoms with Crippen LogP contribution in [0.4, 0.5) is 0 Å². The molecule has 134 valence electrons. The van der Waals surface area contributed by atoms with Crippen molar-refractivity contribution in [3.63, 3.8) is 0 Å². The number of nitrogens with one attached hydrogen (secondary N) is 1. The lowest BCUT2D eigenvalue weighted by molar-refractivity contribution is 0.0696. The Labute approximate surface area is 148 Å². The number of ether oxygens (including phenoxy) is 2. The molecule has 2 rings (SSSR count). The standard InChI is InChI=1S/C20H25NO4/c1-4-24-18-10-9-16(12-19(18)25-5-2)14(3)21-13-15-7-6-8-17(11-15)20(22)23/h6-12,14,21H,4-5,13H2,1-3H3,(H,22,23). The minimum absolute atomic E-state index is 0.0865. The number of rotatable bonds is 9. The predicted octanol–water partition coefficient (Wildman–Crippen LogP) is 4.03. The van der Waals surface area contributed by atoms with Crippen molar-refractivity contribution in [1.29, 1.82) is 0 Å². The van der Waals surface area contributed by atoms with Gasteiger partial charge in [-0.3, -0.25) is 0 Å². The Hall–Kier alpha value is -2.53. The maximum absolute atomic E-state index is 11.1. The summed E-state index contributed by atoms with van der Waals surface area (Å²) in [6.45, 7) is 7.70. The van der Waals surface area contributed by atoms with Crippen LogP contribution < -0.4 is 14.8 Å². The highest BCUT2D eigenvalue weighted by Crippen LogP contribution is 2.30. The highest BCUT2D eigenvalue weighted by atomic mass is 16.5. The molecule has 25 heavy (non-hydrogen) atoms. The van der Waals surface area contributed by atoms with Gasteiger partial charge in [0, 0.05) is 12.6 Å². The van der Waals surface area contributed by atoms with Crippen LogP contribution in [0.1, 0.15) is 48.3 Å².